The van der Waals surface area contributed by atoms with E-state index in [0.717, 1.165) is 11.3 Å². The van der Waals surface area contributed by atoms with E-state index in [1.54, 1.807) is 11.9 Å². The summed E-state index contributed by atoms with van der Waals surface area (Å²) in [6, 6.07) is 17.7. The fourth-order valence-corrected chi connectivity index (χ4v) is 3.48. The second-order valence-corrected chi connectivity index (χ2v) is 8.52. The fourth-order valence-electron chi connectivity index (χ4n) is 2.71. The molecular formula is C21H25N5OS. The number of nitrogens with two attached hydrogens (primary N) is 1. The van der Waals surface area contributed by atoms with Crippen LogP contribution in [-0.2, 0) is 10.2 Å². The van der Waals surface area contributed by atoms with Crippen LogP contribution in [0.1, 0.15) is 26.3 Å². The maximum atomic E-state index is 12.4. The summed E-state index contributed by atoms with van der Waals surface area (Å²) in [7, 11) is 1.76. The van der Waals surface area contributed by atoms with E-state index in [-0.39, 0.29) is 17.1 Å². The minimum Gasteiger partial charge on any atom is -0.335 e. The standard InChI is InChI=1S/C21H25N5OS/c1-21(2,3)16-12-10-15(11-13-16)19-23-24-20(26(19)22)28-14-18(27)25(4)17-8-6-5-7-9-17/h5-13H,14,22H2,1-4H3. The Labute approximate surface area is 169 Å². The number of hydrogen-bond acceptors (Lipinski definition) is 5. The Balaban J connectivity index is 1.69. The number of carbonyl (C=O) groups is 1. The summed E-state index contributed by atoms with van der Waals surface area (Å²) in [5.41, 5.74) is 3.06. The van der Waals surface area contributed by atoms with Gasteiger partial charge in [-0.1, -0.05) is 75.0 Å². The van der Waals surface area contributed by atoms with Crippen LogP contribution in [0.2, 0.25) is 0 Å². The van der Waals surface area contributed by atoms with Gasteiger partial charge >= 0.3 is 0 Å². The highest BCUT2D eigenvalue weighted by Gasteiger charge is 2.18. The van der Waals surface area contributed by atoms with Gasteiger partial charge in [0.15, 0.2) is 5.82 Å². The Morgan fingerprint density at radius 3 is 2.32 bits per heavy atom. The van der Waals surface area contributed by atoms with E-state index in [2.05, 4.69) is 43.1 Å². The average Bonchev–Trinajstić information content (AvgIpc) is 3.06. The number of rotatable bonds is 5. The number of para-hydroxylation sites is 1. The van der Waals surface area contributed by atoms with Crippen LogP contribution in [-0.4, -0.2) is 33.6 Å². The Kier molecular flexibility index (Phi) is 5.74. The molecule has 0 aliphatic rings. The molecular weight excluding hydrogens is 370 g/mol. The lowest BCUT2D eigenvalue weighted by Crippen LogP contribution is -2.28. The third kappa shape index (κ3) is 4.36. The molecule has 0 aliphatic carbocycles. The Morgan fingerprint density at radius 2 is 1.71 bits per heavy atom. The average molecular weight is 396 g/mol. The minimum absolute atomic E-state index is 0.0321. The molecule has 0 radical (unpaired) electrons. The molecule has 28 heavy (non-hydrogen) atoms. The van der Waals surface area contributed by atoms with Crippen molar-refractivity contribution in [3.8, 4) is 11.4 Å². The molecule has 0 fully saturated rings. The molecule has 0 aliphatic heterocycles. The van der Waals surface area contributed by atoms with Gasteiger partial charge in [0.05, 0.1) is 5.75 Å². The van der Waals surface area contributed by atoms with Crippen LogP contribution < -0.4 is 10.7 Å². The molecule has 0 spiro atoms. The molecule has 3 aromatic rings. The lowest BCUT2D eigenvalue weighted by Gasteiger charge is -2.19. The fraction of sp³-hybridized carbons (Fsp3) is 0.286. The van der Waals surface area contributed by atoms with Gasteiger partial charge in [0.25, 0.3) is 0 Å². The molecule has 1 aromatic heterocycles. The van der Waals surface area contributed by atoms with Crippen molar-refractivity contribution >= 4 is 23.4 Å². The van der Waals surface area contributed by atoms with Crippen molar-refractivity contribution in [3.05, 3.63) is 60.2 Å². The molecule has 146 valence electrons. The van der Waals surface area contributed by atoms with Crippen molar-refractivity contribution < 1.29 is 4.79 Å². The first-order valence-electron chi connectivity index (χ1n) is 9.03. The lowest BCUT2D eigenvalue weighted by molar-refractivity contribution is -0.115. The highest BCUT2D eigenvalue weighted by Crippen LogP contribution is 2.26. The Bertz CT molecular complexity index is 945. The van der Waals surface area contributed by atoms with Gasteiger partial charge < -0.3 is 10.7 Å². The molecule has 2 N–H and O–H groups in total. The molecule has 6 nitrogen and oxygen atoms in total. The molecule has 2 aromatic carbocycles. The number of aromatic nitrogens is 3. The maximum Gasteiger partial charge on any atom is 0.237 e. The number of nitrogens with zero attached hydrogens (tertiary/aromatic N) is 4. The van der Waals surface area contributed by atoms with E-state index >= 15 is 0 Å². The molecule has 1 amide bonds. The first kappa shape index (κ1) is 19.9. The molecule has 7 heteroatoms. The van der Waals surface area contributed by atoms with Crippen LogP contribution in [0.3, 0.4) is 0 Å². The molecule has 0 unspecified atom stereocenters. The second-order valence-electron chi connectivity index (χ2n) is 7.58. The summed E-state index contributed by atoms with van der Waals surface area (Å²) in [6.45, 7) is 6.52. The molecule has 0 saturated carbocycles. The zero-order valence-electron chi connectivity index (χ0n) is 16.6. The summed E-state index contributed by atoms with van der Waals surface area (Å²) in [6.07, 6.45) is 0. The monoisotopic (exact) mass is 395 g/mol. The van der Waals surface area contributed by atoms with Crippen molar-refractivity contribution in [2.24, 2.45) is 0 Å². The molecule has 1 heterocycles. The minimum atomic E-state index is -0.0321. The zero-order valence-corrected chi connectivity index (χ0v) is 17.4. The number of carbonyl (C=O) groups excluding carboxylic acids is 1. The normalized spacial score (nSPS) is 11.4. The van der Waals surface area contributed by atoms with Gasteiger partial charge in [0, 0.05) is 18.3 Å². The van der Waals surface area contributed by atoms with Crippen LogP contribution in [0.4, 0.5) is 5.69 Å². The number of thioether (sulfide) groups is 1. The van der Waals surface area contributed by atoms with Crippen molar-refractivity contribution in [1.82, 2.24) is 14.9 Å². The van der Waals surface area contributed by atoms with Crippen molar-refractivity contribution in [1.29, 1.82) is 0 Å². The van der Waals surface area contributed by atoms with Crippen LogP contribution in [0.15, 0.2) is 59.8 Å². The van der Waals surface area contributed by atoms with Gasteiger partial charge in [-0.15, -0.1) is 10.2 Å². The first-order valence-corrected chi connectivity index (χ1v) is 10.0. The van der Waals surface area contributed by atoms with Crippen LogP contribution in [0.5, 0.6) is 0 Å². The van der Waals surface area contributed by atoms with Crippen LogP contribution in [0, 0.1) is 0 Å². The smallest absolute Gasteiger partial charge is 0.237 e. The van der Waals surface area contributed by atoms with E-state index in [1.807, 2.05) is 42.5 Å². The second kappa shape index (κ2) is 8.06. The first-order chi connectivity index (χ1) is 13.3. The van der Waals surface area contributed by atoms with Gasteiger partial charge in [-0.3, -0.25) is 4.79 Å². The number of anilines is 1. The van der Waals surface area contributed by atoms with Crippen molar-refractivity contribution in [2.75, 3.05) is 23.5 Å². The Morgan fingerprint density at radius 1 is 1.07 bits per heavy atom. The van der Waals surface area contributed by atoms with E-state index in [4.69, 9.17) is 5.84 Å². The van der Waals surface area contributed by atoms with E-state index in [1.165, 1.54) is 22.0 Å². The van der Waals surface area contributed by atoms with Gasteiger partial charge in [0.1, 0.15) is 0 Å². The summed E-state index contributed by atoms with van der Waals surface area (Å²) in [5, 5.41) is 8.85. The molecule has 0 atom stereocenters. The number of hydrogen-bond donors (Lipinski definition) is 1. The number of amides is 1. The number of benzene rings is 2. The predicted molar refractivity (Wildman–Crippen MR) is 115 cm³/mol. The van der Waals surface area contributed by atoms with Gasteiger partial charge in [-0.2, -0.15) is 0 Å². The van der Waals surface area contributed by atoms with Gasteiger partial charge in [-0.25, -0.2) is 4.68 Å². The summed E-state index contributed by atoms with van der Waals surface area (Å²) >= 11 is 1.27. The quantitative estimate of drug-likeness (QED) is 0.526. The van der Waals surface area contributed by atoms with Gasteiger partial charge in [-0.05, 0) is 23.1 Å². The molecule has 3 rings (SSSR count). The molecule has 0 saturated heterocycles. The van der Waals surface area contributed by atoms with Crippen molar-refractivity contribution in [2.45, 2.75) is 31.3 Å². The predicted octanol–water partition coefficient (Wildman–Crippen LogP) is 3.71. The summed E-state index contributed by atoms with van der Waals surface area (Å²) < 4.78 is 1.44. The SMILES string of the molecule is CN(C(=O)CSc1nnc(-c2ccc(C(C)(C)C)cc2)n1N)c1ccccc1. The largest absolute Gasteiger partial charge is 0.335 e. The third-order valence-electron chi connectivity index (χ3n) is 4.52. The zero-order chi connectivity index (χ0) is 20.3. The number of nitrogen functional groups attached to an aromatic ring is 1. The molecule has 0 bridgehead atoms. The Hall–Kier alpha value is -2.80. The van der Waals surface area contributed by atoms with Crippen LogP contribution >= 0.6 is 11.8 Å². The maximum absolute atomic E-state index is 12.4. The van der Waals surface area contributed by atoms with Gasteiger partial charge in [0.2, 0.25) is 11.1 Å². The lowest BCUT2D eigenvalue weighted by atomic mass is 9.87. The van der Waals surface area contributed by atoms with E-state index in [9.17, 15) is 4.79 Å². The van der Waals surface area contributed by atoms with Crippen molar-refractivity contribution in [3.63, 3.8) is 0 Å². The van der Waals surface area contributed by atoms with Crippen LogP contribution in [0.25, 0.3) is 11.4 Å². The summed E-state index contributed by atoms with van der Waals surface area (Å²) in [5.74, 6) is 6.95. The van der Waals surface area contributed by atoms with E-state index in [0.29, 0.717) is 11.0 Å². The highest BCUT2D eigenvalue weighted by molar-refractivity contribution is 7.99. The topological polar surface area (TPSA) is 77.0 Å². The highest BCUT2D eigenvalue weighted by atomic mass is 32.2. The third-order valence-corrected chi connectivity index (χ3v) is 5.44. The van der Waals surface area contributed by atoms with E-state index < -0.39 is 0 Å². The summed E-state index contributed by atoms with van der Waals surface area (Å²) in [4.78, 5) is 14.1.